The first-order valence-corrected chi connectivity index (χ1v) is 16.0. The number of benzene rings is 3. The van der Waals surface area contributed by atoms with Crippen LogP contribution in [0.5, 0.6) is 5.75 Å². The third-order valence-electron chi connectivity index (χ3n) is 6.87. The fourth-order valence-corrected chi connectivity index (χ4v) is 5.37. The lowest BCUT2D eigenvalue weighted by Crippen LogP contribution is -2.30. The molecule has 46 heavy (non-hydrogen) atoms. The first-order valence-electron chi connectivity index (χ1n) is 14.5. The zero-order valence-corrected chi connectivity index (χ0v) is 26.4. The van der Waals surface area contributed by atoms with Gasteiger partial charge in [-0.25, -0.2) is 22.6 Å². The smallest absolute Gasteiger partial charge is 0.324 e. The van der Waals surface area contributed by atoms with Gasteiger partial charge in [-0.3, -0.25) is 15.1 Å². The molecule has 0 fully saturated rings. The second-order valence-corrected chi connectivity index (χ2v) is 13.1. The van der Waals surface area contributed by atoms with Crippen molar-refractivity contribution < 1.29 is 22.7 Å². The van der Waals surface area contributed by atoms with Crippen LogP contribution in [0.4, 0.5) is 16.3 Å². The van der Waals surface area contributed by atoms with Crippen LogP contribution < -0.4 is 20.1 Å². The van der Waals surface area contributed by atoms with E-state index < -0.39 is 22.0 Å². The predicted molar refractivity (Wildman–Crippen MR) is 176 cm³/mol. The molecule has 2 aromatic heterocycles. The van der Waals surface area contributed by atoms with Crippen LogP contribution in [-0.4, -0.2) is 41.7 Å². The summed E-state index contributed by atoms with van der Waals surface area (Å²) in [4.78, 5) is 29.9. The monoisotopic (exact) mass is 638 g/mol. The molecule has 5 rings (SSSR count). The number of hydrogen-bond donors (Lipinski definition) is 3. The molecule has 0 aliphatic carbocycles. The van der Waals surface area contributed by atoms with Gasteiger partial charge in [0, 0.05) is 41.5 Å². The van der Waals surface area contributed by atoms with E-state index in [2.05, 4.69) is 20.3 Å². The zero-order chi connectivity index (χ0) is 32.7. The van der Waals surface area contributed by atoms with Gasteiger partial charge in [-0.05, 0) is 72.3 Å². The Morgan fingerprint density at radius 2 is 1.59 bits per heavy atom. The molecule has 0 radical (unpaired) electrons. The van der Waals surface area contributed by atoms with Crippen molar-refractivity contribution in [3.63, 3.8) is 0 Å². The number of ether oxygens (including phenoxy) is 1. The summed E-state index contributed by atoms with van der Waals surface area (Å²) >= 11 is 0. The van der Waals surface area contributed by atoms with Crippen LogP contribution in [0, 0.1) is 0 Å². The number of aromatic nitrogens is 3. The molecule has 2 heterocycles. The SMILES string of the molecule is CC(C)(C)c1cc(NC(=O)Nc2ccc(OCCc3cccnc3)cc2)n(-c2ccc(C(=O)NS(=O)(=O)c3ccccc3)cc2)n1. The van der Waals surface area contributed by atoms with Gasteiger partial charge in [-0.2, -0.15) is 5.10 Å². The van der Waals surface area contributed by atoms with Gasteiger partial charge in [0.2, 0.25) is 0 Å². The number of nitrogens with zero attached hydrogens (tertiary/aromatic N) is 3. The van der Waals surface area contributed by atoms with Gasteiger partial charge in [-0.15, -0.1) is 0 Å². The number of anilines is 2. The summed E-state index contributed by atoms with van der Waals surface area (Å²) in [5.74, 6) is 0.313. The van der Waals surface area contributed by atoms with Crippen LogP contribution in [0.15, 0.2) is 114 Å². The molecule has 0 aliphatic rings. The van der Waals surface area contributed by atoms with E-state index in [4.69, 9.17) is 9.84 Å². The van der Waals surface area contributed by atoms with Gasteiger partial charge < -0.3 is 10.1 Å². The molecule has 236 valence electrons. The van der Waals surface area contributed by atoms with Crippen molar-refractivity contribution in [2.45, 2.75) is 37.5 Å². The molecular formula is C34H34N6O5S. The summed E-state index contributed by atoms with van der Waals surface area (Å²) < 4.78 is 34.6. The van der Waals surface area contributed by atoms with Crippen LogP contribution in [0.1, 0.15) is 42.4 Å². The summed E-state index contributed by atoms with van der Waals surface area (Å²) in [7, 11) is -4.03. The van der Waals surface area contributed by atoms with Crippen molar-refractivity contribution in [3.05, 3.63) is 126 Å². The van der Waals surface area contributed by atoms with E-state index in [0.29, 0.717) is 29.5 Å². The highest BCUT2D eigenvalue weighted by Gasteiger charge is 2.22. The van der Waals surface area contributed by atoms with Crippen LogP contribution >= 0.6 is 0 Å². The Kier molecular flexibility index (Phi) is 9.47. The third-order valence-corrected chi connectivity index (χ3v) is 8.22. The summed E-state index contributed by atoms with van der Waals surface area (Å²) in [6, 6.07) is 26.1. The minimum absolute atomic E-state index is 0.0127. The lowest BCUT2D eigenvalue weighted by atomic mass is 9.92. The van der Waals surface area contributed by atoms with E-state index in [1.807, 2.05) is 39.1 Å². The summed E-state index contributed by atoms with van der Waals surface area (Å²) in [5, 5.41) is 10.4. The number of sulfonamides is 1. The van der Waals surface area contributed by atoms with Gasteiger partial charge in [-0.1, -0.05) is 45.0 Å². The van der Waals surface area contributed by atoms with E-state index in [1.165, 1.54) is 24.3 Å². The van der Waals surface area contributed by atoms with Gasteiger partial charge in [0.25, 0.3) is 15.9 Å². The minimum atomic E-state index is -4.03. The number of pyridine rings is 1. The van der Waals surface area contributed by atoms with Crippen LogP contribution in [0.2, 0.25) is 0 Å². The Bertz CT molecular complexity index is 1900. The summed E-state index contributed by atoms with van der Waals surface area (Å²) in [6.07, 6.45) is 4.27. The van der Waals surface area contributed by atoms with Crippen LogP contribution in [0.25, 0.3) is 5.69 Å². The fourth-order valence-electron chi connectivity index (χ4n) is 4.37. The largest absolute Gasteiger partial charge is 0.493 e. The molecule has 12 heteroatoms. The molecule has 0 saturated carbocycles. The Morgan fingerprint density at radius 3 is 2.24 bits per heavy atom. The van der Waals surface area contributed by atoms with Gasteiger partial charge in [0.05, 0.1) is 22.9 Å². The van der Waals surface area contributed by atoms with Crippen molar-refractivity contribution in [2.75, 3.05) is 17.2 Å². The number of rotatable bonds is 10. The summed E-state index contributed by atoms with van der Waals surface area (Å²) in [6.45, 7) is 6.51. The molecule has 5 aromatic rings. The van der Waals surface area contributed by atoms with Crippen molar-refractivity contribution >= 4 is 33.5 Å². The maximum Gasteiger partial charge on any atom is 0.324 e. The Balaban J connectivity index is 1.25. The molecule has 0 spiro atoms. The normalized spacial score (nSPS) is 11.5. The molecule has 0 bridgehead atoms. The Morgan fingerprint density at radius 1 is 0.870 bits per heavy atom. The average Bonchev–Trinajstić information content (AvgIpc) is 3.47. The molecular weight excluding hydrogens is 604 g/mol. The third kappa shape index (κ3) is 8.16. The number of urea groups is 1. The van der Waals surface area contributed by atoms with Gasteiger partial charge >= 0.3 is 6.03 Å². The molecule has 3 aromatic carbocycles. The molecule has 0 saturated heterocycles. The van der Waals surface area contributed by atoms with Crippen molar-refractivity contribution in [3.8, 4) is 11.4 Å². The predicted octanol–water partition coefficient (Wildman–Crippen LogP) is 5.95. The first-order chi connectivity index (χ1) is 22.0. The maximum atomic E-state index is 13.0. The quantitative estimate of drug-likeness (QED) is 0.172. The van der Waals surface area contributed by atoms with Crippen LogP contribution in [0.3, 0.4) is 0 Å². The highest BCUT2D eigenvalue weighted by molar-refractivity contribution is 7.90. The number of nitrogens with one attached hydrogen (secondary N) is 3. The standard InChI is InChI=1S/C34H34N6O5S/c1-34(2,3)30-22-31(37-33(42)36-26-13-17-28(18-14-26)45-21-19-24-8-7-20-35-23-24)40(38-30)27-15-11-25(12-16-27)32(41)39-46(43,44)29-9-5-4-6-10-29/h4-18,20,22-23H,19,21H2,1-3H3,(H,39,41)(H2,36,37,42). The second-order valence-electron chi connectivity index (χ2n) is 11.4. The van der Waals surface area contributed by atoms with Crippen molar-refractivity contribution in [1.29, 1.82) is 0 Å². The topological polar surface area (TPSA) is 144 Å². The Labute approximate surface area is 267 Å². The highest BCUT2D eigenvalue weighted by atomic mass is 32.2. The fraction of sp³-hybridized carbons (Fsp3) is 0.176. The molecule has 3 N–H and O–H groups in total. The molecule has 0 unspecified atom stereocenters. The van der Waals surface area contributed by atoms with E-state index in [9.17, 15) is 18.0 Å². The number of hydrogen-bond acceptors (Lipinski definition) is 7. The first kappa shape index (κ1) is 31.9. The van der Waals surface area contributed by atoms with E-state index in [-0.39, 0.29) is 15.9 Å². The van der Waals surface area contributed by atoms with E-state index in [1.54, 1.807) is 71.5 Å². The molecule has 0 aliphatic heterocycles. The lowest BCUT2D eigenvalue weighted by Gasteiger charge is -2.14. The number of carbonyl (C=O) groups is 2. The van der Waals surface area contributed by atoms with Gasteiger partial charge in [0.15, 0.2) is 0 Å². The Hall–Kier alpha value is -5.49. The maximum absolute atomic E-state index is 13.0. The zero-order valence-electron chi connectivity index (χ0n) is 25.6. The highest BCUT2D eigenvalue weighted by Crippen LogP contribution is 2.27. The summed E-state index contributed by atoms with van der Waals surface area (Å²) in [5.41, 5.74) is 2.76. The second kappa shape index (κ2) is 13.7. The number of amides is 3. The van der Waals surface area contributed by atoms with Gasteiger partial charge in [0.1, 0.15) is 11.6 Å². The minimum Gasteiger partial charge on any atom is -0.493 e. The van der Waals surface area contributed by atoms with Crippen molar-refractivity contribution in [1.82, 2.24) is 19.5 Å². The van der Waals surface area contributed by atoms with E-state index >= 15 is 0 Å². The van der Waals surface area contributed by atoms with Crippen molar-refractivity contribution in [2.24, 2.45) is 0 Å². The molecule has 0 atom stereocenters. The van der Waals surface area contributed by atoms with Crippen LogP contribution in [-0.2, 0) is 21.9 Å². The lowest BCUT2D eigenvalue weighted by molar-refractivity contribution is 0.0981. The van der Waals surface area contributed by atoms with E-state index in [0.717, 1.165) is 17.7 Å². The molecule has 3 amide bonds. The number of carbonyl (C=O) groups excluding carboxylic acids is 2. The average molecular weight is 639 g/mol. The molecule has 11 nitrogen and oxygen atoms in total.